The highest BCUT2D eigenvalue weighted by molar-refractivity contribution is 5.99. The highest BCUT2D eigenvalue weighted by Crippen LogP contribution is 2.30. The van der Waals surface area contributed by atoms with Crippen molar-refractivity contribution in [2.24, 2.45) is 14.1 Å². The topological polar surface area (TPSA) is 106 Å². The summed E-state index contributed by atoms with van der Waals surface area (Å²) in [7, 11) is 3.06. The van der Waals surface area contributed by atoms with Crippen LogP contribution in [0.1, 0.15) is 40.7 Å². The number of imidazole rings is 1. The molecule has 160 valence electrons. The molecule has 0 saturated carbocycles. The number of furan rings is 1. The Balaban J connectivity index is 1.38. The van der Waals surface area contributed by atoms with Crippen LogP contribution in [-0.4, -0.2) is 43.0 Å². The second kappa shape index (κ2) is 6.97. The Morgan fingerprint density at radius 3 is 2.55 bits per heavy atom. The highest BCUT2D eigenvalue weighted by atomic mass is 16.3. The number of hydrogen-bond acceptors (Lipinski definition) is 5. The molecular weight excluding hydrogens is 398 g/mol. The molecule has 9 heteroatoms. The number of rotatable bonds is 2. The fourth-order valence-corrected chi connectivity index (χ4v) is 4.42. The molecule has 3 aromatic heterocycles. The van der Waals surface area contributed by atoms with Crippen LogP contribution in [0, 0.1) is 6.92 Å². The van der Waals surface area contributed by atoms with Gasteiger partial charge in [-0.25, -0.2) is 9.78 Å². The molecule has 1 aliphatic rings. The van der Waals surface area contributed by atoms with Crippen LogP contribution in [0.4, 0.5) is 0 Å². The number of hydrogen-bond donors (Lipinski definition) is 1. The van der Waals surface area contributed by atoms with Crippen LogP contribution in [0.15, 0.2) is 38.3 Å². The van der Waals surface area contributed by atoms with Crippen molar-refractivity contribution in [3.05, 3.63) is 62.3 Å². The number of nitrogens with one attached hydrogen (secondary N) is 1. The molecule has 0 unspecified atom stereocenters. The standard InChI is InChI=1S/C22H23N5O4/c1-12-14-6-4-5-7-15(14)31-17(12)21(29)27-10-8-13(9-11-27)18-23-16-19(24-18)25(2)22(30)26(3)20(16)28/h4-7,13H,8-11H2,1-3H3,(H,23,24). The zero-order valence-electron chi connectivity index (χ0n) is 17.6. The lowest BCUT2D eigenvalue weighted by Crippen LogP contribution is -2.38. The van der Waals surface area contributed by atoms with Crippen molar-refractivity contribution in [3.63, 3.8) is 0 Å². The predicted molar refractivity (Wildman–Crippen MR) is 115 cm³/mol. The molecular formula is C22H23N5O4. The number of carbonyl (C=O) groups is 1. The third kappa shape index (κ3) is 2.91. The summed E-state index contributed by atoms with van der Waals surface area (Å²) in [5, 5.41) is 0.954. The number of aromatic nitrogens is 4. The Bertz CT molecular complexity index is 1450. The molecule has 5 rings (SSSR count). The number of benzene rings is 1. The van der Waals surface area contributed by atoms with Gasteiger partial charge >= 0.3 is 5.69 Å². The molecule has 4 heterocycles. The summed E-state index contributed by atoms with van der Waals surface area (Å²) < 4.78 is 8.28. The van der Waals surface area contributed by atoms with E-state index in [1.54, 1.807) is 11.9 Å². The van der Waals surface area contributed by atoms with Gasteiger partial charge < -0.3 is 14.3 Å². The number of fused-ring (bicyclic) bond motifs is 2. The third-order valence-electron chi connectivity index (χ3n) is 6.32. The number of nitrogens with zero attached hydrogens (tertiary/aromatic N) is 4. The van der Waals surface area contributed by atoms with Crippen molar-refractivity contribution in [2.45, 2.75) is 25.7 Å². The van der Waals surface area contributed by atoms with Gasteiger partial charge in [0.05, 0.1) is 0 Å². The van der Waals surface area contributed by atoms with Crippen molar-refractivity contribution < 1.29 is 9.21 Å². The lowest BCUT2D eigenvalue weighted by Gasteiger charge is -2.30. The van der Waals surface area contributed by atoms with Gasteiger partial charge in [0.1, 0.15) is 16.9 Å². The fourth-order valence-electron chi connectivity index (χ4n) is 4.42. The minimum atomic E-state index is -0.405. The van der Waals surface area contributed by atoms with Gasteiger partial charge in [0.25, 0.3) is 11.5 Å². The molecule has 4 aromatic rings. The number of piperidine rings is 1. The number of H-pyrrole nitrogens is 1. The average Bonchev–Trinajstić information content (AvgIpc) is 3.38. The van der Waals surface area contributed by atoms with Gasteiger partial charge in [0, 0.05) is 44.1 Å². The van der Waals surface area contributed by atoms with E-state index in [1.807, 2.05) is 31.2 Å². The first kappa shape index (κ1) is 19.3. The minimum absolute atomic E-state index is 0.0769. The summed E-state index contributed by atoms with van der Waals surface area (Å²) in [5.41, 5.74) is 1.47. The predicted octanol–water partition coefficient (Wildman–Crippen LogP) is 2.03. The van der Waals surface area contributed by atoms with Crippen molar-refractivity contribution in [3.8, 4) is 0 Å². The maximum Gasteiger partial charge on any atom is 0.332 e. The van der Waals surface area contributed by atoms with Gasteiger partial charge in [-0.2, -0.15) is 0 Å². The van der Waals surface area contributed by atoms with E-state index in [-0.39, 0.29) is 17.4 Å². The van der Waals surface area contributed by atoms with E-state index >= 15 is 0 Å². The van der Waals surface area contributed by atoms with Crippen LogP contribution in [0.5, 0.6) is 0 Å². The lowest BCUT2D eigenvalue weighted by atomic mass is 9.96. The van der Waals surface area contributed by atoms with Gasteiger partial charge in [-0.3, -0.25) is 18.7 Å². The highest BCUT2D eigenvalue weighted by Gasteiger charge is 2.30. The first-order valence-electron chi connectivity index (χ1n) is 10.3. The molecule has 0 spiro atoms. The number of aryl methyl sites for hydroxylation is 2. The van der Waals surface area contributed by atoms with Gasteiger partial charge in [0.15, 0.2) is 11.4 Å². The normalized spacial score (nSPS) is 15.3. The molecule has 1 N–H and O–H groups in total. The zero-order chi connectivity index (χ0) is 21.9. The molecule has 1 aromatic carbocycles. The number of likely N-dealkylation sites (tertiary alicyclic amines) is 1. The molecule has 31 heavy (non-hydrogen) atoms. The molecule has 0 bridgehead atoms. The van der Waals surface area contributed by atoms with Gasteiger partial charge in [-0.05, 0) is 25.8 Å². The first-order valence-corrected chi connectivity index (χ1v) is 10.3. The Morgan fingerprint density at radius 1 is 1.13 bits per heavy atom. The van der Waals surface area contributed by atoms with Crippen LogP contribution in [0.25, 0.3) is 22.1 Å². The number of aromatic amines is 1. The molecule has 0 aliphatic carbocycles. The molecule has 9 nitrogen and oxygen atoms in total. The Hall–Kier alpha value is -3.62. The lowest BCUT2D eigenvalue weighted by molar-refractivity contribution is 0.0680. The summed E-state index contributed by atoms with van der Waals surface area (Å²) >= 11 is 0. The second-order valence-corrected chi connectivity index (χ2v) is 8.15. The molecule has 0 atom stereocenters. The quantitative estimate of drug-likeness (QED) is 0.533. The minimum Gasteiger partial charge on any atom is -0.451 e. The van der Waals surface area contributed by atoms with Crippen molar-refractivity contribution in [1.82, 2.24) is 24.0 Å². The van der Waals surface area contributed by atoms with Crippen LogP contribution in [-0.2, 0) is 14.1 Å². The van der Waals surface area contributed by atoms with Gasteiger partial charge in [-0.15, -0.1) is 0 Å². The van der Waals surface area contributed by atoms with E-state index in [0.717, 1.165) is 15.5 Å². The first-order chi connectivity index (χ1) is 14.9. The molecule has 1 aliphatic heterocycles. The van der Waals surface area contributed by atoms with Crippen molar-refractivity contribution in [1.29, 1.82) is 0 Å². The summed E-state index contributed by atoms with van der Waals surface area (Å²) in [6.45, 7) is 3.03. The van der Waals surface area contributed by atoms with E-state index in [9.17, 15) is 14.4 Å². The summed E-state index contributed by atoms with van der Waals surface area (Å²) in [4.78, 5) is 47.1. The SMILES string of the molecule is Cc1c(C(=O)N2CCC(c3nc4c([nH]3)c(=O)n(C)c(=O)n4C)CC2)oc2ccccc12. The number of para-hydroxylation sites is 1. The maximum absolute atomic E-state index is 13.1. The number of amides is 1. The van der Waals surface area contributed by atoms with Crippen LogP contribution in [0.2, 0.25) is 0 Å². The van der Waals surface area contributed by atoms with Crippen LogP contribution in [0.3, 0.4) is 0 Å². The van der Waals surface area contributed by atoms with E-state index in [2.05, 4.69) is 9.97 Å². The zero-order valence-corrected chi connectivity index (χ0v) is 17.6. The van der Waals surface area contributed by atoms with Crippen molar-refractivity contribution >= 4 is 28.0 Å². The Kier molecular flexibility index (Phi) is 4.35. The van der Waals surface area contributed by atoms with Crippen LogP contribution < -0.4 is 11.2 Å². The average molecular weight is 421 g/mol. The molecule has 1 saturated heterocycles. The van der Waals surface area contributed by atoms with E-state index < -0.39 is 5.69 Å². The van der Waals surface area contributed by atoms with Crippen molar-refractivity contribution in [2.75, 3.05) is 13.1 Å². The van der Waals surface area contributed by atoms with Gasteiger partial charge in [0.2, 0.25) is 0 Å². The van der Waals surface area contributed by atoms with E-state index in [1.165, 1.54) is 11.6 Å². The second-order valence-electron chi connectivity index (χ2n) is 8.15. The summed E-state index contributed by atoms with van der Waals surface area (Å²) in [6, 6.07) is 7.64. The Labute approximate surface area is 176 Å². The fraction of sp³-hybridized carbons (Fsp3) is 0.364. The third-order valence-corrected chi connectivity index (χ3v) is 6.32. The molecule has 0 radical (unpaired) electrons. The molecule has 1 amide bonds. The summed E-state index contributed by atoms with van der Waals surface area (Å²) in [5.74, 6) is 1.04. The van der Waals surface area contributed by atoms with Crippen LogP contribution >= 0.6 is 0 Å². The van der Waals surface area contributed by atoms with Gasteiger partial charge in [-0.1, -0.05) is 18.2 Å². The van der Waals surface area contributed by atoms with E-state index in [0.29, 0.717) is 54.3 Å². The Morgan fingerprint density at radius 2 is 1.84 bits per heavy atom. The smallest absolute Gasteiger partial charge is 0.332 e. The molecule has 1 fully saturated rings. The van der Waals surface area contributed by atoms with E-state index in [4.69, 9.17) is 4.42 Å². The maximum atomic E-state index is 13.1. The summed E-state index contributed by atoms with van der Waals surface area (Å²) in [6.07, 6.45) is 1.41. The monoisotopic (exact) mass is 421 g/mol. The number of carbonyl (C=O) groups excluding carboxylic acids is 1. The largest absolute Gasteiger partial charge is 0.451 e.